The van der Waals surface area contributed by atoms with Crippen LogP contribution in [0.4, 0.5) is 5.69 Å². The molecule has 1 rings (SSSR count). The van der Waals surface area contributed by atoms with E-state index in [1.54, 1.807) is 0 Å². The van der Waals surface area contributed by atoms with Crippen LogP contribution in [-0.2, 0) is 0 Å². The summed E-state index contributed by atoms with van der Waals surface area (Å²) in [5.74, 6) is 0. The van der Waals surface area contributed by atoms with Crippen molar-refractivity contribution < 1.29 is 10.2 Å². The van der Waals surface area contributed by atoms with Gasteiger partial charge in [-0.05, 0) is 31.0 Å². The number of benzene rings is 1. The second kappa shape index (κ2) is 5.14. The minimum Gasteiger partial charge on any atom is -0.394 e. The third-order valence-electron chi connectivity index (χ3n) is 2.47. The molecule has 0 aromatic heterocycles. The summed E-state index contributed by atoms with van der Waals surface area (Å²) in [7, 11) is 1.92. The third kappa shape index (κ3) is 3.22. The van der Waals surface area contributed by atoms with Crippen LogP contribution in [0.1, 0.15) is 11.1 Å². The van der Waals surface area contributed by atoms with Crippen LogP contribution in [0.15, 0.2) is 18.2 Å². The Kier molecular flexibility index (Phi) is 4.12. The molecule has 0 aliphatic carbocycles. The van der Waals surface area contributed by atoms with Crippen molar-refractivity contribution in [3.05, 3.63) is 29.3 Å². The van der Waals surface area contributed by atoms with Crippen molar-refractivity contribution in [2.75, 3.05) is 25.1 Å². The molecule has 1 unspecified atom stereocenters. The van der Waals surface area contributed by atoms with Gasteiger partial charge in [0.15, 0.2) is 0 Å². The van der Waals surface area contributed by atoms with Gasteiger partial charge in [-0.3, -0.25) is 0 Å². The van der Waals surface area contributed by atoms with Crippen LogP contribution in [0.5, 0.6) is 0 Å². The Morgan fingerprint density at radius 1 is 1.33 bits per heavy atom. The van der Waals surface area contributed by atoms with E-state index in [-0.39, 0.29) is 6.61 Å². The van der Waals surface area contributed by atoms with Crippen LogP contribution in [0, 0.1) is 13.8 Å². The van der Waals surface area contributed by atoms with Crippen LogP contribution < -0.4 is 4.90 Å². The fourth-order valence-corrected chi connectivity index (χ4v) is 1.60. The zero-order chi connectivity index (χ0) is 11.4. The van der Waals surface area contributed by atoms with Gasteiger partial charge in [0.25, 0.3) is 0 Å². The van der Waals surface area contributed by atoms with Gasteiger partial charge >= 0.3 is 0 Å². The number of aliphatic hydroxyl groups excluding tert-OH is 2. The standard InChI is InChI=1S/C12H19NO2/c1-9-4-5-10(2)12(6-9)13(3)7-11(15)8-14/h4-6,11,14-15H,7-8H2,1-3H3. The number of nitrogens with zero attached hydrogens (tertiary/aromatic N) is 1. The predicted octanol–water partition coefficient (Wildman–Crippen LogP) is 1.09. The van der Waals surface area contributed by atoms with Crippen molar-refractivity contribution in [3.63, 3.8) is 0 Å². The third-order valence-corrected chi connectivity index (χ3v) is 2.47. The molecule has 2 N–H and O–H groups in total. The molecule has 84 valence electrons. The summed E-state index contributed by atoms with van der Waals surface area (Å²) in [6, 6.07) is 6.21. The summed E-state index contributed by atoms with van der Waals surface area (Å²) < 4.78 is 0. The second-order valence-corrected chi connectivity index (χ2v) is 4.01. The molecule has 3 nitrogen and oxygen atoms in total. The highest BCUT2D eigenvalue weighted by Crippen LogP contribution is 2.20. The first-order valence-corrected chi connectivity index (χ1v) is 5.12. The lowest BCUT2D eigenvalue weighted by Crippen LogP contribution is -2.31. The summed E-state index contributed by atoms with van der Waals surface area (Å²) >= 11 is 0. The zero-order valence-electron chi connectivity index (χ0n) is 9.57. The van der Waals surface area contributed by atoms with Crippen molar-refractivity contribution in [1.82, 2.24) is 0 Å². The molecule has 0 amide bonds. The molecule has 0 aliphatic rings. The first-order valence-electron chi connectivity index (χ1n) is 5.12. The molecule has 0 spiro atoms. The molecule has 0 saturated heterocycles. The second-order valence-electron chi connectivity index (χ2n) is 4.01. The van der Waals surface area contributed by atoms with Crippen LogP contribution in [0.2, 0.25) is 0 Å². The Hall–Kier alpha value is -1.06. The number of aryl methyl sites for hydroxylation is 2. The first kappa shape index (κ1) is 12.0. The lowest BCUT2D eigenvalue weighted by Gasteiger charge is -2.24. The largest absolute Gasteiger partial charge is 0.394 e. The van der Waals surface area contributed by atoms with Crippen LogP contribution >= 0.6 is 0 Å². The zero-order valence-corrected chi connectivity index (χ0v) is 9.57. The van der Waals surface area contributed by atoms with Gasteiger partial charge < -0.3 is 15.1 Å². The summed E-state index contributed by atoms with van der Waals surface area (Å²) in [5, 5.41) is 18.1. The summed E-state index contributed by atoms with van der Waals surface area (Å²) in [4.78, 5) is 1.96. The minimum absolute atomic E-state index is 0.199. The Morgan fingerprint density at radius 3 is 2.60 bits per heavy atom. The van der Waals surface area contributed by atoms with E-state index in [1.165, 1.54) is 11.1 Å². The molecular weight excluding hydrogens is 190 g/mol. The van der Waals surface area contributed by atoms with Gasteiger partial charge in [0.1, 0.15) is 0 Å². The molecule has 15 heavy (non-hydrogen) atoms. The van der Waals surface area contributed by atoms with E-state index in [4.69, 9.17) is 5.11 Å². The van der Waals surface area contributed by atoms with Crippen molar-refractivity contribution in [2.45, 2.75) is 20.0 Å². The number of anilines is 1. The van der Waals surface area contributed by atoms with E-state index in [0.717, 1.165) is 5.69 Å². The maximum Gasteiger partial charge on any atom is 0.0945 e. The predicted molar refractivity (Wildman–Crippen MR) is 62.3 cm³/mol. The van der Waals surface area contributed by atoms with Crippen molar-refractivity contribution in [3.8, 4) is 0 Å². The maximum atomic E-state index is 9.36. The molecule has 0 bridgehead atoms. The molecule has 1 atom stereocenters. The van der Waals surface area contributed by atoms with Crippen molar-refractivity contribution in [1.29, 1.82) is 0 Å². The van der Waals surface area contributed by atoms with Crippen LogP contribution in [0.3, 0.4) is 0 Å². The van der Waals surface area contributed by atoms with Gasteiger partial charge in [-0.15, -0.1) is 0 Å². The van der Waals surface area contributed by atoms with E-state index in [1.807, 2.05) is 25.8 Å². The molecular formula is C12H19NO2. The normalized spacial score (nSPS) is 12.6. The van der Waals surface area contributed by atoms with Gasteiger partial charge in [-0.25, -0.2) is 0 Å². The molecule has 1 aromatic carbocycles. The Bertz CT molecular complexity index is 325. The van der Waals surface area contributed by atoms with Crippen molar-refractivity contribution >= 4 is 5.69 Å². The molecule has 0 radical (unpaired) electrons. The van der Waals surface area contributed by atoms with E-state index >= 15 is 0 Å². The van der Waals surface area contributed by atoms with Gasteiger partial charge in [0.05, 0.1) is 12.7 Å². The number of rotatable bonds is 4. The fourth-order valence-electron chi connectivity index (χ4n) is 1.60. The highest BCUT2D eigenvalue weighted by molar-refractivity contribution is 5.54. The molecule has 1 aromatic rings. The van der Waals surface area contributed by atoms with E-state index in [9.17, 15) is 5.11 Å². The average Bonchev–Trinajstić information content (AvgIpc) is 2.21. The fraction of sp³-hybridized carbons (Fsp3) is 0.500. The van der Waals surface area contributed by atoms with Gasteiger partial charge in [0, 0.05) is 19.3 Å². The topological polar surface area (TPSA) is 43.7 Å². The minimum atomic E-state index is -0.685. The van der Waals surface area contributed by atoms with E-state index in [2.05, 4.69) is 18.2 Å². The monoisotopic (exact) mass is 209 g/mol. The van der Waals surface area contributed by atoms with Gasteiger partial charge in [0.2, 0.25) is 0 Å². The molecule has 3 heteroatoms. The maximum absolute atomic E-state index is 9.36. The number of hydrogen-bond acceptors (Lipinski definition) is 3. The average molecular weight is 209 g/mol. The Morgan fingerprint density at radius 2 is 2.00 bits per heavy atom. The SMILES string of the molecule is Cc1ccc(C)c(N(C)CC(O)CO)c1. The highest BCUT2D eigenvalue weighted by Gasteiger charge is 2.09. The molecule has 0 saturated carbocycles. The summed E-state index contributed by atoms with van der Waals surface area (Å²) in [5.41, 5.74) is 3.47. The quantitative estimate of drug-likeness (QED) is 0.780. The molecule has 0 fully saturated rings. The lowest BCUT2D eigenvalue weighted by atomic mass is 10.1. The number of likely N-dealkylation sites (N-methyl/N-ethyl adjacent to an activating group) is 1. The van der Waals surface area contributed by atoms with Crippen LogP contribution in [0.25, 0.3) is 0 Å². The van der Waals surface area contributed by atoms with E-state index < -0.39 is 6.10 Å². The first-order chi connectivity index (χ1) is 7.04. The molecule has 0 aliphatic heterocycles. The van der Waals surface area contributed by atoms with Crippen LogP contribution in [-0.4, -0.2) is 36.5 Å². The summed E-state index contributed by atoms with van der Waals surface area (Å²) in [6.45, 7) is 4.33. The van der Waals surface area contributed by atoms with Gasteiger partial charge in [-0.2, -0.15) is 0 Å². The van der Waals surface area contributed by atoms with Crippen molar-refractivity contribution in [2.24, 2.45) is 0 Å². The molecule has 0 heterocycles. The number of hydrogen-bond donors (Lipinski definition) is 2. The number of aliphatic hydroxyl groups is 2. The summed E-state index contributed by atoms with van der Waals surface area (Å²) in [6.07, 6.45) is -0.685. The Labute approximate surface area is 91.0 Å². The highest BCUT2D eigenvalue weighted by atomic mass is 16.3. The van der Waals surface area contributed by atoms with Gasteiger partial charge in [-0.1, -0.05) is 12.1 Å². The Balaban J connectivity index is 2.80. The van der Waals surface area contributed by atoms with E-state index in [0.29, 0.717) is 6.54 Å². The smallest absolute Gasteiger partial charge is 0.0945 e. The lowest BCUT2D eigenvalue weighted by molar-refractivity contribution is 0.101.